The molecule has 3 rings (SSSR count). The van der Waals surface area contributed by atoms with Crippen molar-refractivity contribution in [2.75, 3.05) is 0 Å². The van der Waals surface area contributed by atoms with Gasteiger partial charge in [-0.3, -0.25) is 0 Å². The van der Waals surface area contributed by atoms with Crippen molar-refractivity contribution >= 4 is 16.6 Å². The molecule has 0 saturated heterocycles. The van der Waals surface area contributed by atoms with Gasteiger partial charge >= 0.3 is 0 Å². The number of nitrogens with zero attached hydrogens (tertiary/aromatic N) is 2. The van der Waals surface area contributed by atoms with Crippen LogP contribution in [0.3, 0.4) is 0 Å². The number of rotatable bonds is 1. The molecule has 0 spiro atoms. The Kier molecular flexibility index (Phi) is 2.02. The molecule has 1 N–H and O–H groups in total. The molecule has 2 aromatic heterocycles. The molecule has 0 saturated carbocycles. The molecule has 0 atom stereocenters. The van der Waals surface area contributed by atoms with Crippen LogP contribution in [0.1, 0.15) is 31.4 Å². The molecule has 0 amide bonds. The molecule has 3 heteroatoms. The highest BCUT2D eigenvalue weighted by atomic mass is 14.9. The minimum atomic E-state index is 0.937. The monoisotopic (exact) mass is 199 g/mol. The number of aromatic amines is 1. The van der Waals surface area contributed by atoms with Gasteiger partial charge in [0.15, 0.2) is 0 Å². The number of H-pyrrole nitrogens is 1. The summed E-state index contributed by atoms with van der Waals surface area (Å²) in [6.07, 6.45) is 10.8. The molecule has 0 radical (unpaired) electrons. The average Bonchev–Trinajstić information content (AvgIpc) is 2.78. The van der Waals surface area contributed by atoms with E-state index in [2.05, 4.69) is 27.1 Å². The maximum atomic E-state index is 4.40. The summed E-state index contributed by atoms with van der Waals surface area (Å²) in [5.41, 5.74) is 3.43. The lowest BCUT2D eigenvalue weighted by Gasteiger charge is -2.12. The van der Waals surface area contributed by atoms with Crippen LogP contribution < -0.4 is 0 Å². The van der Waals surface area contributed by atoms with E-state index >= 15 is 0 Å². The lowest BCUT2D eigenvalue weighted by Crippen LogP contribution is -1.96. The summed E-state index contributed by atoms with van der Waals surface area (Å²) in [4.78, 5) is 11.7. The molecule has 76 valence electrons. The molecule has 0 fully saturated rings. The number of hydrogen-bond acceptors (Lipinski definition) is 2. The van der Waals surface area contributed by atoms with Crippen LogP contribution in [0.15, 0.2) is 24.7 Å². The Balaban J connectivity index is 2.17. The van der Waals surface area contributed by atoms with Crippen molar-refractivity contribution in [3.63, 3.8) is 0 Å². The standard InChI is InChI=1S/C12H13N3/c1-2-4-9(5-3-1)11-10-6-7-13-12(10)15-8-14-11/h4,6-8H,1-3,5H2,(H,13,14,15). The topological polar surface area (TPSA) is 41.6 Å². The fraction of sp³-hybridized carbons (Fsp3) is 0.333. The predicted octanol–water partition coefficient (Wildman–Crippen LogP) is 2.92. The van der Waals surface area contributed by atoms with Gasteiger partial charge in [0.05, 0.1) is 5.69 Å². The Bertz CT molecular complexity index is 510. The fourth-order valence-electron chi connectivity index (χ4n) is 2.18. The van der Waals surface area contributed by atoms with Crippen molar-refractivity contribution in [3.8, 4) is 0 Å². The molecular formula is C12H13N3. The van der Waals surface area contributed by atoms with Crippen molar-refractivity contribution in [2.24, 2.45) is 0 Å². The zero-order valence-electron chi connectivity index (χ0n) is 8.53. The number of aromatic nitrogens is 3. The first-order chi connectivity index (χ1) is 7.45. The van der Waals surface area contributed by atoms with Gasteiger partial charge in [0, 0.05) is 11.6 Å². The highest BCUT2D eigenvalue weighted by molar-refractivity contribution is 5.87. The first-order valence-electron chi connectivity index (χ1n) is 5.42. The summed E-state index contributed by atoms with van der Waals surface area (Å²) in [5.74, 6) is 0. The van der Waals surface area contributed by atoms with Crippen molar-refractivity contribution in [2.45, 2.75) is 25.7 Å². The van der Waals surface area contributed by atoms with E-state index < -0.39 is 0 Å². The maximum Gasteiger partial charge on any atom is 0.141 e. The van der Waals surface area contributed by atoms with Gasteiger partial charge < -0.3 is 4.98 Å². The minimum Gasteiger partial charge on any atom is -0.346 e. The van der Waals surface area contributed by atoms with Crippen LogP contribution in [0.4, 0.5) is 0 Å². The molecule has 2 aromatic rings. The largest absolute Gasteiger partial charge is 0.346 e. The summed E-state index contributed by atoms with van der Waals surface area (Å²) in [6.45, 7) is 0. The predicted molar refractivity (Wildman–Crippen MR) is 60.3 cm³/mol. The number of hydrogen-bond donors (Lipinski definition) is 1. The van der Waals surface area contributed by atoms with Crippen LogP contribution in [0.25, 0.3) is 16.6 Å². The van der Waals surface area contributed by atoms with Gasteiger partial charge in [-0.25, -0.2) is 9.97 Å². The van der Waals surface area contributed by atoms with E-state index in [1.54, 1.807) is 6.33 Å². The Morgan fingerprint density at radius 1 is 1.20 bits per heavy atom. The van der Waals surface area contributed by atoms with Gasteiger partial charge in [-0.05, 0) is 37.3 Å². The van der Waals surface area contributed by atoms with E-state index in [4.69, 9.17) is 0 Å². The average molecular weight is 199 g/mol. The summed E-state index contributed by atoms with van der Waals surface area (Å²) in [5, 5.41) is 1.14. The van der Waals surface area contributed by atoms with Gasteiger partial charge in [-0.2, -0.15) is 0 Å². The van der Waals surface area contributed by atoms with Gasteiger partial charge in [0.25, 0.3) is 0 Å². The van der Waals surface area contributed by atoms with Crippen molar-refractivity contribution < 1.29 is 0 Å². The Morgan fingerprint density at radius 3 is 3.07 bits per heavy atom. The van der Waals surface area contributed by atoms with E-state index in [9.17, 15) is 0 Å². The van der Waals surface area contributed by atoms with E-state index in [-0.39, 0.29) is 0 Å². The fourth-order valence-corrected chi connectivity index (χ4v) is 2.18. The zero-order valence-corrected chi connectivity index (χ0v) is 8.53. The second-order valence-corrected chi connectivity index (χ2v) is 3.94. The quantitative estimate of drug-likeness (QED) is 0.767. The third-order valence-electron chi connectivity index (χ3n) is 2.95. The van der Waals surface area contributed by atoms with E-state index in [0.717, 1.165) is 23.1 Å². The summed E-state index contributed by atoms with van der Waals surface area (Å²) in [7, 11) is 0. The second-order valence-electron chi connectivity index (χ2n) is 3.94. The Hall–Kier alpha value is -1.64. The van der Waals surface area contributed by atoms with Crippen LogP contribution in [0.2, 0.25) is 0 Å². The van der Waals surface area contributed by atoms with E-state index in [1.807, 2.05) is 6.20 Å². The van der Waals surface area contributed by atoms with Gasteiger partial charge in [-0.1, -0.05) is 6.08 Å². The number of fused-ring (bicyclic) bond motifs is 1. The highest BCUT2D eigenvalue weighted by Crippen LogP contribution is 2.28. The molecule has 0 aromatic carbocycles. The highest BCUT2D eigenvalue weighted by Gasteiger charge is 2.11. The van der Waals surface area contributed by atoms with Crippen LogP contribution in [0.5, 0.6) is 0 Å². The normalized spacial score (nSPS) is 16.7. The van der Waals surface area contributed by atoms with Crippen molar-refractivity contribution in [1.82, 2.24) is 15.0 Å². The van der Waals surface area contributed by atoms with Crippen molar-refractivity contribution in [1.29, 1.82) is 0 Å². The Labute approximate surface area is 88.3 Å². The third-order valence-corrected chi connectivity index (χ3v) is 2.95. The maximum absolute atomic E-state index is 4.40. The molecule has 0 bridgehead atoms. The lowest BCUT2D eigenvalue weighted by atomic mass is 9.96. The molecule has 1 aliphatic carbocycles. The summed E-state index contributed by atoms with van der Waals surface area (Å²) < 4.78 is 0. The first-order valence-corrected chi connectivity index (χ1v) is 5.42. The molecule has 0 aliphatic heterocycles. The zero-order chi connectivity index (χ0) is 10.1. The van der Waals surface area contributed by atoms with E-state index in [0.29, 0.717) is 0 Å². The molecule has 15 heavy (non-hydrogen) atoms. The molecule has 1 aliphatic rings. The van der Waals surface area contributed by atoms with Gasteiger partial charge in [0.1, 0.15) is 12.0 Å². The summed E-state index contributed by atoms with van der Waals surface area (Å²) in [6, 6.07) is 2.06. The first kappa shape index (κ1) is 8.65. The lowest BCUT2D eigenvalue weighted by molar-refractivity contribution is 0.740. The molecule has 2 heterocycles. The van der Waals surface area contributed by atoms with Gasteiger partial charge in [0.2, 0.25) is 0 Å². The number of nitrogens with one attached hydrogen (secondary N) is 1. The third kappa shape index (κ3) is 1.44. The molecule has 3 nitrogen and oxygen atoms in total. The van der Waals surface area contributed by atoms with Crippen LogP contribution in [0, 0.1) is 0 Å². The Morgan fingerprint density at radius 2 is 2.20 bits per heavy atom. The summed E-state index contributed by atoms with van der Waals surface area (Å²) >= 11 is 0. The van der Waals surface area contributed by atoms with Crippen LogP contribution in [-0.2, 0) is 0 Å². The number of allylic oxidation sites excluding steroid dienone is 2. The molecule has 0 unspecified atom stereocenters. The van der Waals surface area contributed by atoms with Gasteiger partial charge in [-0.15, -0.1) is 0 Å². The second kappa shape index (κ2) is 3.50. The molecular weight excluding hydrogens is 186 g/mol. The van der Waals surface area contributed by atoms with E-state index in [1.165, 1.54) is 24.8 Å². The van der Waals surface area contributed by atoms with Crippen molar-refractivity contribution in [3.05, 3.63) is 30.4 Å². The van der Waals surface area contributed by atoms with Crippen LogP contribution >= 0.6 is 0 Å². The SMILES string of the molecule is C1=C(c2ncnc3[nH]ccc23)CCCC1. The minimum absolute atomic E-state index is 0.937. The van der Waals surface area contributed by atoms with Crippen LogP contribution in [-0.4, -0.2) is 15.0 Å². The smallest absolute Gasteiger partial charge is 0.141 e.